The fourth-order valence-corrected chi connectivity index (χ4v) is 5.07. The third-order valence-electron chi connectivity index (χ3n) is 6.83. The number of carbonyl (C=O) groups is 2. The fourth-order valence-electron chi connectivity index (χ4n) is 5.07. The Hall–Kier alpha value is -2.38. The van der Waals surface area contributed by atoms with E-state index in [1.165, 1.54) is 32.4 Å². The van der Waals surface area contributed by atoms with Crippen LogP contribution in [0.15, 0.2) is 30.5 Å². The van der Waals surface area contributed by atoms with Crippen LogP contribution in [0.5, 0.6) is 0 Å². The number of rotatable bonds is 7. The minimum Gasteiger partial charge on any atom is -0.361 e. The van der Waals surface area contributed by atoms with Crippen LogP contribution in [-0.4, -0.2) is 78.5 Å². The Morgan fingerprint density at radius 1 is 1.10 bits per heavy atom. The van der Waals surface area contributed by atoms with Crippen LogP contribution in [0.2, 0.25) is 0 Å². The van der Waals surface area contributed by atoms with Gasteiger partial charge >= 0.3 is 0 Å². The number of likely N-dealkylation sites (N-methyl/N-ethyl adjacent to an activating group) is 1. The molecular weight excluding hydrogens is 390 g/mol. The number of hydrogen-bond acceptors (Lipinski definition) is 4. The van der Waals surface area contributed by atoms with Gasteiger partial charge in [-0.15, -0.1) is 0 Å². The predicted molar refractivity (Wildman–Crippen MR) is 123 cm³/mol. The van der Waals surface area contributed by atoms with Gasteiger partial charge in [-0.05, 0) is 50.4 Å². The molecule has 0 aliphatic carbocycles. The fraction of sp³-hybridized carbons (Fsp3) is 0.583. The van der Waals surface area contributed by atoms with E-state index in [4.69, 9.17) is 0 Å². The maximum absolute atomic E-state index is 12.8. The lowest BCUT2D eigenvalue weighted by Crippen LogP contribution is -2.52. The molecule has 2 amide bonds. The zero-order valence-electron chi connectivity index (χ0n) is 18.5. The van der Waals surface area contributed by atoms with Crippen LogP contribution in [0.25, 0.3) is 10.9 Å². The Morgan fingerprint density at radius 3 is 2.58 bits per heavy atom. The van der Waals surface area contributed by atoms with Crippen LogP contribution in [-0.2, 0) is 16.0 Å². The Labute approximate surface area is 184 Å². The lowest BCUT2D eigenvalue weighted by Gasteiger charge is -2.40. The van der Waals surface area contributed by atoms with Gasteiger partial charge in [-0.1, -0.05) is 24.6 Å². The van der Waals surface area contributed by atoms with Crippen LogP contribution < -0.4 is 10.6 Å². The molecule has 4 rings (SSSR count). The van der Waals surface area contributed by atoms with Gasteiger partial charge in [0, 0.05) is 49.7 Å². The average molecular weight is 426 g/mol. The van der Waals surface area contributed by atoms with Gasteiger partial charge in [-0.3, -0.25) is 14.5 Å². The molecule has 2 aliphatic heterocycles. The van der Waals surface area contributed by atoms with Crippen molar-refractivity contribution >= 4 is 22.7 Å². The lowest BCUT2D eigenvalue weighted by molar-refractivity contribution is -0.129. The smallest absolute Gasteiger partial charge is 0.242 e. The average Bonchev–Trinajstić information content (AvgIpc) is 3.22. The first kappa shape index (κ1) is 21.8. The highest BCUT2D eigenvalue weighted by Crippen LogP contribution is 2.21. The number of carbonyl (C=O) groups excluding carboxylic acids is 2. The number of amides is 2. The number of para-hydroxylation sites is 1. The van der Waals surface area contributed by atoms with Gasteiger partial charge in [0.25, 0.3) is 0 Å². The first-order chi connectivity index (χ1) is 15.1. The molecule has 2 aliphatic rings. The number of aromatic amines is 1. The van der Waals surface area contributed by atoms with E-state index in [2.05, 4.69) is 25.4 Å². The van der Waals surface area contributed by atoms with Crippen LogP contribution in [0.4, 0.5) is 0 Å². The van der Waals surface area contributed by atoms with Crippen molar-refractivity contribution in [2.24, 2.45) is 0 Å². The Kier molecular flexibility index (Phi) is 7.25. The Balaban J connectivity index is 1.30. The van der Waals surface area contributed by atoms with E-state index in [9.17, 15) is 9.59 Å². The first-order valence-electron chi connectivity index (χ1n) is 11.7. The zero-order chi connectivity index (χ0) is 21.6. The highest BCUT2D eigenvalue weighted by molar-refractivity contribution is 5.90. The largest absolute Gasteiger partial charge is 0.361 e. The summed E-state index contributed by atoms with van der Waals surface area (Å²) in [5, 5.41) is 6.76. The van der Waals surface area contributed by atoms with Crippen LogP contribution >= 0.6 is 0 Å². The summed E-state index contributed by atoms with van der Waals surface area (Å²) in [6.45, 7) is 4.71. The normalized spacial score (nSPS) is 19.9. The van der Waals surface area contributed by atoms with Crippen molar-refractivity contribution in [3.63, 3.8) is 0 Å². The van der Waals surface area contributed by atoms with E-state index in [0.29, 0.717) is 19.0 Å². The molecule has 31 heavy (non-hydrogen) atoms. The van der Waals surface area contributed by atoms with Crippen molar-refractivity contribution in [1.29, 1.82) is 0 Å². The van der Waals surface area contributed by atoms with Gasteiger partial charge in [0.2, 0.25) is 11.8 Å². The molecule has 3 N–H and O–H groups in total. The van der Waals surface area contributed by atoms with Gasteiger partial charge in [0.1, 0.15) is 6.04 Å². The number of nitrogens with one attached hydrogen (secondary N) is 3. The summed E-state index contributed by atoms with van der Waals surface area (Å²) < 4.78 is 0. The second-order valence-electron chi connectivity index (χ2n) is 8.90. The number of hydrogen-bond donors (Lipinski definition) is 3. The maximum atomic E-state index is 12.8. The van der Waals surface area contributed by atoms with Crippen molar-refractivity contribution in [3.05, 3.63) is 36.0 Å². The van der Waals surface area contributed by atoms with Gasteiger partial charge in [-0.2, -0.15) is 0 Å². The quantitative estimate of drug-likeness (QED) is 0.633. The Morgan fingerprint density at radius 2 is 1.84 bits per heavy atom. The molecule has 0 radical (unpaired) electrons. The number of aromatic nitrogens is 1. The summed E-state index contributed by atoms with van der Waals surface area (Å²) in [6.07, 6.45) is 8.65. The van der Waals surface area contributed by atoms with Gasteiger partial charge in [0.15, 0.2) is 0 Å². The van der Waals surface area contributed by atoms with Gasteiger partial charge in [-0.25, -0.2) is 0 Å². The second-order valence-corrected chi connectivity index (χ2v) is 8.90. The van der Waals surface area contributed by atoms with Crippen LogP contribution in [0, 0.1) is 0 Å². The third-order valence-corrected chi connectivity index (χ3v) is 6.83. The minimum atomic E-state index is -0.581. The maximum Gasteiger partial charge on any atom is 0.242 e. The monoisotopic (exact) mass is 425 g/mol. The van der Waals surface area contributed by atoms with E-state index in [-0.39, 0.29) is 11.8 Å². The SMILES string of the molecule is CNC(=O)C(Cc1c[nH]c2ccccc12)NC(=O)CN1CCC(N2CCCCC2)CC1. The Bertz CT molecular complexity index is 881. The summed E-state index contributed by atoms with van der Waals surface area (Å²) in [6, 6.07) is 8.11. The number of benzene rings is 1. The summed E-state index contributed by atoms with van der Waals surface area (Å²) in [7, 11) is 1.61. The molecule has 2 saturated heterocycles. The summed E-state index contributed by atoms with van der Waals surface area (Å²) in [5.41, 5.74) is 2.07. The minimum absolute atomic E-state index is 0.0788. The van der Waals surface area contributed by atoms with Crippen LogP contribution in [0.1, 0.15) is 37.7 Å². The molecule has 1 aromatic heterocycles. The number of H-pyrrole nitrogens is 1. The molecule has 1 atom stereocenters. The highest BCUT2D eigenvalue weighted by Gasteiger charge is 2.27. The summed E-state index contributed by atoms with van der Waals surface area (Å²) in [4.78, 5) is 33.3. The zero-order valence-corrected chi connectivity index (χ0v) is 18.5. The standard InChI is InChI=1S/C24H35N5O2/c1-25-24(31)22(15-18-16-26-21-8-4-3-7-20(18)21)27-23(30)17-28-13-9-19(10-14-28)29-11-5-2-6-12-29/h3-4,7-8,16,19,22,26H,2,5-6,9-15,17H2,1H3,(H,25,31)(H,27,30). The van der Waals surface area contributed by atoms with E-state index in [0.717, 1.165) is 42.4 Å². The van der Waals surface area contributed by atoms with Crippen molar-refractivity contribution in [1.82, 2.24) is 25.4 Å². The van der Waals surface area contributed by atoms with Crippen molar-refractivity contribution in [2.75, 3.05) is 39.8 Å². The molecule has 7 heteroatoms. The van der Waals surface area contributed by atoms with E-state index in [1.54, 1.807) is 7.05 Å². The summed E-state index contributed by atoms with van der Waals surface area (Å²) in [5.74, 6) is -0.243. The van der Waals surface area contributed by atoms with Gasteiger partial charge in [0.05, 0.1) is 6.54 Å². The van der Waals surface area contributed by atoms with Crippen molar-refractivity contribution < 1.29 is 9.59 Å². The molecule has 0 bridgehead atoms. The molecule has 0 spiro atoms. The van der Waals surface area contributed by atoms with E-state index >= 15 is 0 Å². The number of piperidine rings is 2. The van der Waals surface area contributed by atoms with Crippen molar-refractivity contribution in [2.45, 2.75) is 50.6 Å². The van der Waals surface area contributed by atoms with E-state index < -0.39 is 6.04 Å². The molecule has 2 aromatic rings. The topological polar surface area (TPSA) is 80.5 Å². The van der Waals surface area contributed by atoms with Crippen molar-refractivity contribution in [3.8, 4) is 0 Å². The van der Waals surface area contributed by atoms with E-state index in [1.807, 2.05) is 30.5 Å². The molecule has 1 unspecified atom stereocenters. The molecule has 168 valence electrons. The number of likely N-dealkylation sites (tertiary alicyclic amines) is 2. The second kappa shape index (κ2) is 10.3. The predicted octanol–water partition coefficient (Wildman–Crippen LogP) is 1.89. The molecular formula is C24H35N5O2. The molecule has 2 fully saturated rings. The highest BCUT2D eigenvalue weighted by atomic mass is 16.2. The molecule has 1 aromatic carbocycles. The molecule has 7 nitrogen and oxygen atoms in total. The van der Waals surface area contributed by atoms with Gasteiger partial charge < -0.3 is 20.5 Å². The number of nitrogens with zero attached hydrogens (tertiary/aromatic N) is 2. The summed E-state index contributed by atoms with van der Waals surface area (Å²) >= 11 is 0. The molecule has 0 saturated carbocycles. The third kappa shape index (κ3) is 5.46. The lowest BCUT2D eigenvalue weighted by atomic mass is 10.00. The number of fused-ring (bicyclic) bond motifs is 1. The first-order valence-corrected chi connectivity index (χ1v) is 11.7. The van der Waals surface area contributed by atoms with Crippen LogP contribution in [0.3, 0.4) is 0 Å². The molecule has 3 heterocycles.